The van der Waals surface area contributed by atoms with Crippen molar-refractivity contribution in [3.8, 4) is 5.75 Å². The topological polar surface area (TPSA) is 29.5 Å². The van der Waals surface area contributed by atoms with E-state index in [4.69, 9.17) is 4.74 Å². The molecule has 0 radical (unpaired) electrons. The quantitative estimate of drug-likeness (QED) is 0.734. The minimum Gasteiger partial charge on any atom is -0.486 e. The van der Waals surface area contributed by atoms with Crippen LogP contribution in [0.25, 0.3) is 0 Å². The molecule has 1 saturated heterocycles. The second-order valence-corrected chi connectivity index (χ2v) is 7.81. The van der Waals surface area contributed by atoms with Crippen LogP contribution in [0.1, 0.15) is 35.2 Å². The number of piperidine rings is 1. The molecule has 3 nitrogen and oxygen atoms in total. The zero-order valence-electron chi connectivity index (χ0n) is 13.8. The molecular formula is C20H19BrFNO2. The first kappa shape index (κ1) is 16.7. The van der Waals surface area contributed by atoms with Gasteiger partial charge in [-0.3, -0.25) is 9.69 Å². The number of nitrogens with zero attached hydrogens (tertiary/aromatic N) is 1. The van der Waals surface area contributed by atoms with Crippen molar-refractivity contribution in [1.29, 1.82) is 0 Å². The highest BCUT2D eigenvalue weighted by Crippen LogP contribution is 2.40. The standard InChI is InChI=1S/C20H19BrFNO2/c21-15-5-6-19-16(11-15)18(24)12-20(25-19)7-9-23(10-8-20)13-14-3-1-2-4-17(14)22/h1-6,11H,7-10,12-13H2. The van der Waals surface area contributed by atoms with Gasteiger partial charge >= 0.3 is 0 Å². The first-order chi connectivity index (χ1) is 12.0. The Labute approximate surface area is 154 Å². The fourth-order valence-corrected chi connectivity index (χ4v) is 4.09. The predicted molar refractivity (Wildman–Crippen MR) is 97.4 cm³/mol. The molecule has 2 aromatic carbocycles. The van der Waals surface area contributed by atoms with E-state index < -0.39 is 5.60 Å². The predicted octanol–water partition coefficient (Wildman–Crippen LogP) is 4.59. The van der Waals surface area contributed by atoms with Crippen molar-refractivity contribution in [3.63, 3.8) is 0 Å². The maximum Gasteiger partial charge on any atom is 0.170 e. The van der Waals surface area contributed by atoms with Crippen LogP contribution in [0.5, 0.6) is 5.75 Å². The highest BCUT2D eigenvalue weighted by molar-refractivity contribution is 9.10. The van der Waals surface area contributed by atoms with Gasteiger partial charge in [0, 0.05) is 42.5 Å². The first-order valence-electron chi connectivity index (χ1n) is 8.52. The van der Waals surface area contributed by atoms with Crippen molar-refractivity contribution < 1.29 is 13.9 Å². The molecule has 0 N–H and O–H groups in total. The molecule has 1 fully saturated rings. The molecule has 4 rings (SSSR count). The van der Waals surface area contributed by atoms with Gasteiger partial charge in [-0.05, 0) is 24.3 Å². The number of hydrogen-bond donors (Lipinski definition) is 0. The van der Waals surface area contributed by atoms with Crippen LogP contribution in [0.2, 0.25) is 0 Å². The molecule has 0 amide bonds. The monoisotopic (exact) mass is 403 g/mol. The van der Waals surface area contributed by atoms with Gasteiger partial charge in [0.05, 0.1) is 12.0 Å². The number of ether oxygens (including phenoxy) is 1. The third-order valence-corrected chi connectivity index (χ3v) is 5.66. The Morgan fingerprint density at radius 2 is 1.92 bits per heavy atom. The maximum absolute atomic E-state index is 13.8. The van der Waals surface area contributed by atoms with Crippen molar-refractivity contribution >= 4 is 21.7 Å². The summed E-state index contributed by atoms with van der Waals surface area (Å²) >= 11 is 3.41. The number of carbonyl (C=O) groups is 1. The maximum atomic E-state index is 13.8. The van der Waals surface area contributed by atoms with Gasteiger partial charge < -0.3 is 4.74 Å². The van der Waals surface area contributed by atoms with Gasteiger partial charge in [0.15, 0.2) is 5.78 Å². The van der Waals surface area contributed by atoms with Gasteiger partial charge in [0.25, 0.3) is 0 Å². The van der Waals surface area contributed by atoms with Crippen LogP contribution < -0.4 is 4.74 Å². The summed E-state index contributed by atoms with van der Waals surface area (Å²) in [5.41, 5.74) is 0.965. The number of hydrogen-bond acceptors (Lipinski definition) is 3. The smallest absolute Gasteiger partial charge is 0.170 e. The van der Waals surface area contributed by atoms with Crippen molar-refractivity contribution in [3.05, 3.63) is 63.9 Å². The van der Waals surface area contributed by atoms with Crippen molar-refractivity contribution in [2.24, 2.45) is 0 Å². The minimum atomic E-state index is -0.413. The second kappa shape index (κ2) is 6.54. The molecule has 0 aliphatic carbocycles. The summed E-state index contributed by atoms with van der Waals surface area (Å²) in [6, 6.07) is 12.5. The number of halogens is 2. The second-order valence-electron chi connectivity index (χ2n) is 6.89. The summed E-state index contributed by atoms with van der Waals surface area (Å²) in [7, 11) is 0. The molecule has 5 heteroatoms. The third kappa shape index (κ3) is 3.35. The molecular weight excluding hydrogens is 385 g/mol. The minimum absolute atomic E-state index is 0.144. The van der Waals surface area contributed by atoms with E-state index in [9.17, 15) is 9.18 Å². The molecule has 2 aliphatic heterocycles. The van der Waals surface area contributed by atoms with Crippen LogP contribution in [0.4, 0.5) is 4.39 Å². The zero-order valence-corrected chi connectivity index (χ0v) is 15.4. The van der Waals surface area contributed by atoms with Gasteiger partial charge in [-0.15, -0.1) is 0 Å². The number of benzene rings is 2. The zero-order chi connectivity index (χ0) is 17.4. The number of ketones is 1. The lowest BCUT2D eigenvalue weighted by atomic mass is 9.82. The van der Waals surface area contributed by atoms with E-state index in [0.717, 1.165) is 30.4 Å². The molecule has 2 aliphatic rings. The lowest BCUT2D eigenvalue weighted by Gasteiger charge is -2.44. The number of carbonyl (C=O) groups excluding carboxylic acids is 1. The van der Waals surface area contributed by atoms with E-state index in [1.54, 1.807) is 6.07 Å². The highest BCUT2D eigenvalue weighted by Gasteiger charge is 2.42. The van der Waals surface area contributed by atoms with Gasteiger partial charge in [-0.25, -0.2) is 4.39 Å². The van der Waals surface area contributed by atoms with Gasteiger partial charge in [-0.2, -0.15) is 0 Å². The van der Waals surface area contributed by atoms with Crippen LogP contribution in [-0.4, -0.2) is 29.4 Å². The summed E-state index contributed by atoms with van der Waals surface area (Å²) in [6.07, 6.45) is 1.98. The van der Waals surface area contributed by atoms with E-state index in [0.29, 0.717) is 29.8 Å². The summed E-state index contributed by atoms with van der Waals surface area (Å²) in [5.74, 6) is 0.665. The van der Waals surface area contributed by atoms with Crippen LogP contribution in [0.15, 0.2) is 46.9 Å². The lowest BCUT2D eigenvalue weighted by Crippen LogP contribution is -2.50. The average Bonchev–Trinajstić information content (AvgIpc) is 2.60. The summed E-state index contributed by atoms with van der Waals surface area (Å²) in [5, 5.41) is 0. The fourth-order valence-electron chi connectivity index (χ4n) is 3.73. The van der Waals surface area contributed by atoms with Gasteiger partial charge in [-0.1, -0.05) is 34.1 Å². The van der Waals surface area contributed by atoms with E-state index >= 15 is 0 Å². The molecule has 0 bridgehead atoms. The average molecular weight is 404 g/mol. The molecule has 130 valence electrons. The van der Waals surface area contributed by atoms with E-state index in [1.807, 2.05) is 30.3 Å². The molecule has 0 aromatic heterocycles. The summed E-state index contributed by atoms with van der Waals surface area (Å²) in [6.45, 7) is 2.20. The lowest BCUT2D eigenvalue weighted by molar-refractivity contribution is -0.0109. The van der Waals surface area contributed by atoms with E-state index in [2.05, 4.69) is 20.8 Å². The Balaban J connectivity index is 1.46. The SMILES string of the molecule is O=C1CC2(CCN(Cc3ccccc3F)CC2)Oc2ccc(Br)cc21. The molecule has 25 heavy (non-hydrogen) atoms. The number of fused-ring (bicyclic) bond motifs is 1. The Kier molecular flexibility index (Phi) is 4.38. The largest absolute Gasteiger partial charge is 0.486 e. The van der Waals surface area contributed by atoms with Crippen molar-refractivity contribution in [1.82, 2.24) is 4.90 Å². The Bertz CT molecular complexity index is 815. The summed E-state index contributed by atoms with van der Waals surface area (Å²) in [4.78, 5) is 14.8. The number of Topliss-reactive ketones (excluding diaryl/α,β-unsaturated/α-hetero) is 1. The molecule has 0 saturated carbocycles. The van der Waals surface area contributed by atoms with Crippen LogP contribution in [-0.2, 0) is 6.54 Å². The van der Waals surface area contributed by atoms with Crippen LogP contribution in [0.3, 0.4) is 0 Å². The van der Waals surface area contributed by atoms with Crippen LogP contribution in [0, 0.1) is 5.82 Å². The third-order valence-electron chi connectivity index (χ3n) is 5.17. The summed E-state index contributed by atoms with van der Waals surface area (Å²) < 4.78 is 21.0. The van der Waals surface area contributed by atoms with Gasteiger partial charge in [0.2, 0.25) is 0 Å². The normalized spacial score (nSPS) is 19.5. The number of likely N-dealkylation sites (tertiary alicyclic amines) is 1. The fraction of sp³-hybridized carbons (Fsp3) is 0.350. The molecule has 0 unspecified atom stereocenters. The molecule has 2 heterocycles. The molecule has 1 spiro atoms. The number of rotatable bonds is 2. The first-order valence-corrected chi connectivity index (χ1v) is 9.32. The Hall–Kier alpha value is -1.72. The van der Waals surface area contributed by atoms with E-state index in [1.165, 1.54) is 6.07 Å². The molecule has 2 aromatic rings. The van der Waals surface area contributed by atoms with E-state index in [-0.39, 0.29) is 11.6 Å². The highest BCUT2D eigenvalue weighted by atomic mass is 79.9. The van der Waals surface area contributed by atoms with Crippen LogP contribution >= 0.6 is 15.9 Å². The molecule has 0 atom stereocenters. The van der Waals surface area contributed by atoms with Gasteiger partial charge in [0.1, 0.15) is 17.2 Å². The Morgan fingerprint density at radius 1 is 1.16 bits per heavy atom. The van der Waals surface area contributed by atoms with Crippen molar-refractivity contribution in [2.45, 2.75) is 31.4 Å². The Morgan fingerprint density at radius 3 is 2.68 bits per heavy atom. The van der Waals surface area contributed by atoms with Crippen molar-refractivity contribution in [2.75, 3.05) is 13.1 Å².